The molecule has 7 heteroatoms. The molecule has 2 rings (SSSR count). The molecule has 2 atom stereocenters. The van der Waals surface area contributed by atoms with Crippen molar-refractivity contribution in [2.24, 2.45) is 5.73 Å². The number of methoxy groups -OCH3 is 1. The minimum Gasteiger partial charge on any atom is -0.383 e. The van der Waals surface area contributed by atoms with E-state index in [2.05, 4.69) is 15.6 Å². The van der Waals surface area contributed by atoms with Gasteiger partial charge in [0.05, 0.1) is 30.7 Å². The van der Waals surface area contributed by atoms with E-state index in [0.717, 1.165) is 11.3 Å². The van der Waals surface area contributed by atoms with Crippen LogP contribution in [-0.4, -0.2) is 40.7 Å². The van der Waals surface area contributed by atoms with Crippen molar-refractivity contribution in [2.75, 3.05) is 13.7 Å². The molecule has 1 amide bonds. The fourth-order valence-electron chi connectivity index (χ4n) is 1.92. The van der Waals surface area contributed by atoms with E-state index in [1.165, 1.54) is 7.11 Å². The molecule has 112 valence electrons. The lowest BCUT2D eigenvalue weighted by atomic mass is 10.1. The minimum atomic E-state index is -0.660. The van der Waals surface area contributed by atoms with Gasteiger partial charge in [-0.05, 0) is 24.6 Å². The molecule has 0 saturated carbocycles. The highest BCUT2D eigenvalue weighted by Crippen LogP contribution is 2.15. The van der Waals surface area contributed by atoms with Gasteiger partial charge in [0.25, 0.3) is 0 Å². The molecule has 0 radical (unpaired) electrons. The van der Waals surface area contributed by atoms with Gasteiger partial charge in [0.1, 0.15) is 6.04 Å². The normalized spacial score (nSPS) is 13.7. The predicted octanol–water partition coefficient (Wildman–Crippen LogP) is 0.418. The van der Waals surface area contributed by atoms with Crippen LogP contribution < -0.4 is 11.1 Å². The number of carbonyl (C=O) groups excluding carboxylic acids is 1. The molecule has 7 nitrogen and oxygen atoms in total. The highest BCUT2D eigenvalue weighted by molar-refractivity contribution is 5.82. The average Bonchev–Trinajstić information content (AvgIpc) is 3.01. The van der Waals surface area contributed by atoms with Crippen molar-refractivity contribution in [3.8, 4) is 5.69 Å². The molecule has 0 saturated heterocycles. The molecular weight excluding hydrogens is 270 g/mol. The van der Waals surface area contributed by atoms with Gasteiger partial charge in [-0.25, -0.2) is 4.68 Å². The standard InChI is InChI=1S/C14H19N5O2/c1-10(17-14(20)13(15)9-21-2)11-3-5-12(6-4-11)19-8-7-16-18-19/h3-8,10,13H,9,15H2,1-2H3,(H,17,20). The summed E-state index contributed by atoms with van der Waals surface area (Å²) in [6.07, 6.45) is 3.39. The van der Waals surface area contributed by atoms with Crippen LogP contribution in [0.1, 0.15) is 18.5 Å². The number of hydrogen-bond donors (Lipinski definition) is 2. The van der Waals surface area contributed by atoms with Crippen LogP contribution in [0.15, 0.2) is 36.7 Å². The van der Waals surface area contributed by atoms with E-state index in [-0.39, 0.29) is 18.6 Å². The molecule has 1 aromatic carbocycles. The third-order valence-electron chi connectivity index (χ3n) is 3.12. The first-order chi connectivity index (χ1) is 10.1. The summed E-state index contributed by atoms with van der Waals surface area (Å²) < 4.78 is 6.54. The molecule has 1 heterocycles. The number of benzene rings is 1. The van der Waals surface area contributed by atoms with Crippen molar-refractivity contribution < 1.29 is 9.53 Å². The Balaban J connectivity index is 2.00. The zero-order valence-electron chi connectivity index (χ0n) is 12.1. The van der Waals surface area contributed by atoms with Crippen molar-refractivity contribution in [3.63, 3.8) is 0 Å². The number of hydrogen-bond acceptors (Lipinski definition) is 5. The Kier molecular flexibility index (Phi) is 5.02. The van der Waals surface area contributed by atoms with Gasteiger partial charge in [-0.3, -0.25) is 4.79 Å². The summed E-state index contributed by atoms with van der Waals surface area (Å²) in [5.41, 5.74) is 7.58. The molecule has 0 aliphatic rings. The highest BCUT2D eigenvalue weighted by Gasteiger charge is 2.16. The first-order valence-electron chi connectivity index (χ1n) is 6.63. The maximum absolute atomic E-state index is 11.8. The largest absolute Gasteiger partial charge is 0.383 e. The van der Waals surface area contributed by atoms with Gasteiger partial charge in [-0.1, -0.05) is 17.3 Å². The number of nitrogens with zero attached hydrogens (tertiary/aromatic N) is 3. The van der Waals surface area contributed by atoms with Crippen LogP contribution in [0, 0.1) is 0 Å². The van der Waals surface area contributed by atoms with Crippen LogP contribution in [0.3, 0.4) is 0 Å². The van der Waals surface area contributed by atoms with E-state index < -0.39 is 6.04 Å². The van der Waals surface area contributed by atoms with Gasteiger partial charge < -0.3 is 15.8 Å². The molecular formula is C14H19N5O2. The Labute approximate surface area is 123 Å². The minimum absolute atomic E-state index is 0.134. The monoisotopic (exact) mass is 289 g/mol. The third kappa shape index (κ3) is 3.87. The molecule has 2 aromatic rings. The van der Waals surface area contributed by atoms with Crippen molar-refractivity contribution in [1.29, 1.82) is 0 Å². The first-order valence-corrected chi connectivity index (χ1v) is 6.63. The van der Waals surface area contributed by atoms with Gasteiger partial charge in [0.15, 0.2) is 0 Å². The molecule has 0 aliphatic heterocycles. The summed E-state index contributed by atoms with van der Waals surface area (Å²) in [5.74, 6) is -0.232. The second kappa shape index (κ2) is 6.96. The maximum atomic E-state index is 11.8. The van der Waals surface area contributed by atoms with Crippen molar-refractivity contribution in [3.05, 3.63) is 42.2 Å². The summed E-state index contributed by atoms with van der Waals surface area (Å²) in [6.45, 7) is 2.10. The van der Waals surface area contributed by atoms with E-state index in [4.69, 9.17) is 10.5 Å². The van der Waals surface area contributed by atoms with Crippen LogP contribution in [0.5, 0.6) is 0 Å². The highest BCUT2D eigenvalue weighted by atomic mass is 16.5. The molecule has 21 heavy (non-hydrogen) atoms. The van der Waals surface area contributed by atoms with Crippen LogP contribution in [0.2, 0.25) is 0 Å². The molecule has 0 spiro atoms. The van der Waals surface area contributed by atoms with Crippen LogP contribution in [0.4, 0.5) is 0 Å². The zero-order valence-corrected chi connectivity index (χ0v) is 12.1. The van der Waals surface area contributed by atoms with Gasteiger partial charge in [-0.2, -0.15) is 0 Å². The van der Waals surface area contributed by atoms with E-state index in [9.17, 15) is 4.79 Å². The fourth-order valence-corrected chi connectivity index (χ4v) is 1.92. The van der Waals surface area contributed by atoms with Crippen LogP contribution >= 0.6 is 0 Å². The van der Waals surface area contributed by atoms with E-state index >= 15 is 0 Å². The van der Waals surface area contributed by atoms with Crippen LogP contribution in [0.25, 0.3) is 5.69 Å². The molecule has 0 aliphatic carbocycles. The van der Waals surface area contributed by atoms with Crippen LogP contribution in [-0.2, 0) is 9.53 Å². The third-order valence-corrected chi connectivity index (χ3v) is 3.12. The Morgan fingerprint density at radius 2 is 2.14 bits per heavy atom. The lowest BCUT2D eigenvalue weighted by Gasteiger charge is -2.17. The Morgan fingerprint density at radius 1 is 1.43 bits per heavy atom. The zero-order chi connectivity index (χ0) is 15.2. The molecule has 3 N–H and O–H groups in total. The van der Waals surface area contributed by atoms with Gasteiger partial charge in [-0.15, -0.1) is 5.10 Å². The number of aromatic nitrogens is 3. The molecule has 2 unspecified atom stereocenters. The lowest BCUT2D eigenvalue weighted by Crippen LogP contribution is -2.44. The topological polar surface area (TPSA) is 95.1 Å². The van der Waals surface area contributed by atoms with Gasteiger partial charge in [0.2, 0.25) is 5.91 Å². The maximum Gasteiger partial charge on any atom is 0.239 e. The molecule has 0 fully saturated rings. The number of nitrogens with one attached hydrogen (secondary N) is 1. The second-order valence-electron chi connectivity index (χ2n) is 4.73. The second-order valence-corrected chi connectivity index (χ2v) is 4.73. The predicted molar refractivity (Wildman–Crippen MR) is 77.8 cm³/mol. The first kappa shape index (κ1) is 15.1. The number of carbonyl (C=O) groups is 1. The average molecular weight is 289 g/mol. The number of ether oxygens (including phenoxy) is 1. The molecule has 1 aromatic heterocycles. The Morgan fingerprint density at radius 3 is 2.71 bits per heavy atom. The number of nitrogens with two attached hydrogens (primary N) is 1. The summed E-state index contributed by atoms with van der Waals surface area (Å²) in [7, 11) is 1.51. The quantitative estimate of drug-likeness (QED) is 0.803. The Hall–Kier alpha value is -2.25. The van der Waals surface area contributed by atoms with Gasteiger partial charge in [0, 0.05) is 7.11 Å². The number of amides is 1. The molecule has 0 bridgehead atoms. The van der Waals surface area contributed by atoms with Crippen molar-refractivity contribution >= 4 is 5.91 Å². The van der Waals surface area contributed by atoms with Crippen molar-refractivity contribution in [1.82, 2.24) is 20.3 Å². The lowest BCUT2D eigenvalue weighted by molar-refractivity contribution is -0.124. The summed E-state index contributed by atoms with van der Waals surface area (Å²) in [6, 6.07) is 6.91. The smallest absolute Gasteiger partial charge is 0.239 e. The number of rotatable bonds is 6. The van der Waals surface area contributed by atoms with E-state index in [1.54, 1.807) is 17.1 Å². The van der Waals surface area contributed by atoms with E-state index in [1.807, 2.05) is 31.2 Å². The van der Waals surface area contributed by atoms with Crippen molar-refractivity contribution in [2.45, 2.75) is 19.0 Å². The van der Waals surface area contributed by atoms with E-state index in [0.29, 0.717) is 0 Å². The Bertz CT molecular complexity index is 568. The van der Waals surface area contributed by atoms with Gasteiger partial charge >= 0.3 is 0 Å². The SMILES string of the molecule is COCC(N)C(=O)NC(C)c1ccc(-n2ccnn2)cc1. The summed E-state index contributed by atoms with van der Waals surface area (Å²) >= 11 is 0. The fraction of sp³-hybridized carbons (Fsp3) is 0.357. The summed E-state index contributed by atoms with van der Waals surface area (Å²) in [5, 5.41) is 10.5. The summed E-state index contributed by atoms with van der Waals surface area (Å²) in [4.78, 5) is 11.8.